The predicted molar refractivity (Wildman–Crippen MR) is 83.4 cm³/mol. The highest BCUT2D eigenvalue weighted by atomic mass is 15.3. The lowest BCUT2D eigenvalue weighted by Crippen LogP contribution is -2.56. The summed E-state index contributed by atoms with van der Waals surface area (Å²) < 4.78 is 0. The highest BCUT2D eigenvalue weighted by Gasteiger charge is 2.39. The summed E-state index contributed by atoms with van der Waals surface area (Å²) in [5.74, 6) is 0.997. The molecule has 0 amide bonds. The minimum Gasteiger partial charge on any atom is -0.301 e. The molecule has 3 heteroatoms. The second-order valence-electron chi connectivity index (χ2n) is 8.00. The Kier molecular flexibility index (Phi) is 4.76. The van der Waals surface area contributed by atoms with Crippen molar-refractivity contribution in [2.24, 2.45) is 17.3 Å². The molecule has 0 aromatic rings. The maximum Gasteiger partial charge on any atom is 0.0672 e. The predicted octanol–water partition coefficient (Wildman–Crippen LogP) is 2.98. The molecule has 0 spiro atoms. The zero-order chi connectivity index (χ0) is 14.9. The molecule has 1 saturated heterocycles. The molecule has 20 heavy (non-hydrogen) atoms. The first-order chi connectivity index (χ1) is 9.32. The Bertz CT molecular complexity index is 365. The maximum absolute atomic E-state index is 9.51. The first kappa shape index (κ1) is 15.8. The molecule has 0 radical (unpaired) electrons. The number of rotatable bonds is 1. The van der Waals surface area contributed by atoms with Gasteiger partial charge in [-0.15, -0.1) is 0 Å². The van der Waals surface area contributed by atoms with Crippen LogP contribution in [0.15, 0.2) is 0 Å². The number of hydrogen-bond donors (Lipinski definition) is 0. The van der Waals surface area contributed by atoms with Gasteiger partial charge in [-0.3, -0.25) is 4.90 Å². The number of nitrogens with zero attached hydrogens (tertiary/aromatic N) is 3. The summed E-state index contributed by atoms with van der Waals surface area (Å²) in [4.78, 5) is 5.04. The summed E-state index contributed by atoms with van der Waals surface area (Å²) in [5.41, 5.74) is 0.372. The Morgan fingerprint density at radius 1 is 1.15 bits per heavy atom. The Hall–Kier alpha value is -0.590. The second-order valence-corrected chi connectivity index (χ2v) is 8.00. The van der Waals surface area contributed by atoms with E-state index in [2.05, 4.69) is 50.6 Å². The van der Waals surface area contributed by atoms with E-state index in [-0.39, 0.29) is 5.92 Å². The SMILES string of the molecule is CC1CN(C2CC(C(C)(C)C)CCC2C#N)CCN1C. The lowest BCUT2D eigenvalue weighted by atomic mass is 9.67. The second kappa shape index (κ2) is 6.03. The summed E-state index contributed by atoms with van der Waals surface area (Å²) in [7, 11) is 2.21. The van der Waals surface area contributed by atoms with E-state index >= 15 is 0 Å². The van der Waals surface area contributed by atoms with E-state index in [4.69, 9.17) is 0 Å². The highest BCUT2D eigenvalue weighted by Crippen LogP contribution is 2.41. The van der Waals surface area contributed by atoms with Crippen LogP contribution in [0.4, 0.5) is 0 Å². The summed E-state index contributed by atoms with van der Waals surface area (Å²) in [6.07, 6.45) is 3.52. The van der Waals surface area contributed by atoms with Gasteiger partial charge in [0.2, 0.25) is 0 Å². The van der Waals surface area contributed by atoms with Crippen molar-refractivity contribution in [3.63, 3.8) is 0 Å². The van der Waals surface area contributed by atoms with Gasteiger partial charge in [-0.2, -0.15) is 5.26 Å². The van der Waals surface area contributed by atoms with E-state index in [1.807, 2.05) is 0 Å². The summed E-state index contributed by atoms with van der Waals surface area (Å²) >= 11 is 0. The standard InChI is InChI=1S/C17H31N3/c1-13-12-20(9-8-19(13)5)16-10-15(17(2,3)4)7-6-14(16)11-18/h13-16H,6-10,12H2,1-5H3. The molecule has 1 heterocycles. The fourth-order valence-electron chi connectivity index (χ4n) is 3.87. The van der Waals surface area contributed by atoms with Crippen molar-refractivity contribution in [3.8, 4) is 6.07 Å². The van der Waals surface area contributed by atoms with E-state index in [1.165, 1.54) is 12.8 Å². The third-order valence-corrected chi connectivity index (χ3v) is 5.67. The summed E-state index contributed by atoms with van der Waals surface area (Å²) in [6.45, 7) is 12.8. The fraction of sp³-hybridized carbons (Fsp3) is 0.941. The van der Waals surface area contributed by atoms with Crippen molar-refractivity contribution >= 4 is 0 Å². The normalized spacial score (nSPS) is 37.6. The third kappa shape index (κ3) is 3.35. The molecule has 0 N–H and O–H groups in total. The van der Waals surface area contributed by atoms with Gasteiger partial charge in [-0.05, 0) is 44.6 Å². The van der Waals surface area contributed by atoms with Gasteiger partial charge in [0, 0.05) is 31.7 Å². The zero-order valence-corrected chi connectivity index (χ0v) is 13.9. The maximum atomic E-state index is 9.51. The molecule has 0 aromatic heterocycles. The molecule has 3 nitrogen and oxygen atoms in total. The molecule has 114 valence electrons. The van der Waals surface area contributed by atoms with Crippen LogP contribution in [-0.4, -0.2) is 48.6 Å². The molecule has 2 rings (SSSR count). The van der Waals surface area contributed by atoms with E-state index in [1.54, 1.807) is 0 Å². The van der Waals surface area contributed by atoms with Crippen molar-refractivity contribution in [3.05, 3.63) is 0 Å². The van der Waals surface area contributed by atoms with Gasteiger partial charge in [0.05, 0.1) is 12.0 Å². The molecule has 0 aromatic carbocycles. The van der Waals surface area contributed by atoms with Gasteiger partial charge >= 0.3 is 0 Å². The molecule has 2 aliphatic rings. The zero-order valence-electron chi connectivity index (χ0n) is 13.9. The topological polar surface area (TPSA) is 30.3 Å². The van der Waals surface area contributed by atoms with Crippen LogP contribution >= 0.6 is 0 Å². The molecule has 4 unspecified atom stereocenters. The van der Waals surface area contributed by atoms with Crippen LogP contribution < -0.4 is 0 Å². The first-order valence-corrected chi connectivity index (χ1v) is 8.17. The Labute approximate surface area is 124 Å². The molecule has 1 aliphatic heterocycles. The average Bonchev–Trinajstić information content (AvgIpc) is 2.40. The monoisotopic (exact) mass is 277 g/mol. The molecule has 1 saturated carbocycles. The van der Waals surface area contributed by atoms with Gasteiger partial charge in [0.1, 0.15) is 0 Å². The lowest BCUT2D eigenvalue weighted by Gasteiger charge is -2.48. The van der Waals surface area contributed by atoms with Crippen molar-refractivity contribution in [2.45, 2.75) is 59.0 Å². The van der Waals surface area contributed by atoms with Gasteiger partial charge in [-0.25, -0.2) is 0 Å². The number of likely N-dealkylation sites (N-methyl/N-ethyl adjacent to an activating group) is 1. The van der Waals surface area contributed by atoms with Crippen LogP contribution in [0, 0.1) is 28.6 Å². The largest absolute Gasteiger partial charge is 0.301 e. The van der Waals surface area contributed by atoms with Crippen LogP contribution in [0.2, 0.25) is 0 Å². The fourth-order valence-corrected chi connectivity index (χ4v) is 3.87. The third-order valence-electron chi connectivity index (χ3n) is 5.67. The van der Waals surface area contributed by atoms with Crippen molar-refractivity contribution in [1.82, 2.24) is 9.80 Å². The van der Waals surface area contributed by atoms with Crippen molar-refractivity contribution in [2.75, 3.05) is 26.7 Å². The van der Waals surface area contributed by atoms with Crippen molar-refractivity contribution < 1.29 is 0 Å². The van der Waals surface area contributed by atoms with Crippen molar-refractivity contribution in [1.29, 1.82) is 5.26 Å². The first-order valence-electron chi connectivity index (χ1n) is 8.17. The van der Waals surface area contributed by atoms with Gasteiger partial charge in [0.15, 0.2) is 0 Å². The molecular formula is C17H31N3. The van der Waals surface area contributed by atoms with Gasteiger partial charge in [-0.1, -0.05) is 20.8 Å². The number of hydrogen-bond acceptors (Lipinski definition) is 3. The smallest absolute Gasteiger partial charge is 0.0672 e. The Balaban J connectivity index is 2.08. The number of piperazine rings is 1. The molecular weight excluding hydrogens is 246 g/mol. The minimum atomic E-state index is 0.240. The molecule has 4 atom stereocenters. The molecule has 1 aliphatic carbocycles. The molecule has 2 fully saturated rings. The lowest BCUT2D eigenvalue weighted by molar-refractivity contribution is 0.0147. The minimum absolute atomic E-state index is 0.240. The van der Waals surface area contributed by atoms with Crippen LogP contribution in [-0.2, 0) is 0 Å². The van der Waals surface area contributed by atoms with E-state index < -0.39 is 0 Å². The van der Waals surface area contributed by atoms with Crippen LogP contribution in [0.1, 0.15) is 47.0 Å². The van der Waals surface area contributed by atoms with Gasteiger partial charge < -0.3 is 4.90 Å². The summed E-state index contributed by atoms with van der Waals surface area (Å²) in [6, 6.07) is 3.68. The van der Waals surface area contributed by atoms with Crippen LogP contribution in [0.3, 0.4) is 0 Å². The quantitative estimate of drug-likeness (QED) is 0.738. The summed E-state index contributed by atoms with van der Waals surface area (Å²) in [5, 5.41) is 9.51. The van der Waals surface area contributed by atoms with E-state index in [0.717, 1.165) is 32.0 Å². The molecule has 0 bridgehead atoms. The van der Waals surface area contributed by atoms with E-state index in [0.29, 0.717) is 17.5 Å². The Morgan fingerprint density at radius 2 is 1.85 bits per heavy atom. The van der Waals surface area contributed by atoms with Gasteiger partial charge in [0.25, 0.3) is 0 Å². The van der Waals surface area contributed by atoms with Crippen LogP contribution in [0.5, 0.6) is 0 Å². The Morgan fingerprint density at radius 3 is 2.40 bits per heavy atom. The highest BCUT2D eigenvalue weighted by molar-refractivity contribution is 5.00. The average molecular weight is 277 g/mol. The van der Waals surface area contributed by atoms with E-state index in [9.17, 15) is 5.26 Å². The van der Waals surface area contributed by atoms with Crippen LogP contribution in [0.25, 0.3) is 0 Å². The number of nitriles is 1.